The van der Waals surface area contributed by atoms with Crippen LogP contribution in [0.2, 0.25) is 0 Å². The third-order valence-corrected chi connectivity index (χ3v) is 4.72. The van der Waals surface area contributed by atoms with Crippen molar-refractivity contribution in [1.29, 1.82) is 0 Å². The number of phenols is 8. The number of benzene rings is 3. The van der Waals surface area contributed by atoms with Gasteiger partial charge in [-0.1, -0.05) is 0 Å². The van der Waals surface area contributed by atoms with Crippen LogP contribution in [0, 0.1) is 0 Å². The van der Waals surface area contributed by atoms with Crippen LogP contribution in [0.5, 0.6) is 46.0 Å². The molecule has 0 heterocycles. The summed E-state index contributed by atoms with van der Waals surface area (Å²) in [5.41, 5.74) is -1.96. The Morgan fingerprint density at radius 2 is 1.00 bits per heavy atom. The van der Waals surface area contributed by atoms with Crippen molar-refractivity contribution in [3.63, 3.8) is 0 Å². The van der Waals surface area contributed by atoms with Crippen LogP contribution < -0.4 is 0 Å². The Kier molecular flexibility index (Phi) is 5.15. The zero-order valence-electron chi connectivity index (χ0n) is 15.5. The van der Waals surface area contributed by atoms with E-state index in [1.807, 2.05) is 0 Å². The predicted octanol–water partition coefficient (Wildman–Crippen LogP) is 2.00. The molecule has 3 rings (SSSR count). The third-order valence-electron chi connectivity index (χ3n) is 4.72. The molecule has 0 aliphatic rings. The highest BCUT2D eigenvalue weighted by Crippen LogP contribution is 2.42. The molecule has 9 nitrogen and oxygen atoms in total. The predicted molar refractivity (Wildman–Crippen MR) is 104 cm³/mol. The van der Waals surface area contributed by atoms with Gasteiger partial charge in [-0.25, -0.2) is 0 Å². The van der Waals surface area contributed by atoms with Crippen LogP contribution in [0.3, 0.4) is 0 Å². The van der Waals surface area contributed by atoms with E-state index in [-0.39, 0.29) is 34.6 Å². The van der Waals surface area contributed by atoms with Crippen LogP contribution in [0.4, 0.5) is 0 Å². The van der Waals surface area contributed by atoms with Gasteiger partial charge in [0.1, 0.15) is 28.7 Å². The van der Waals surface area contributed by atoms with Gasteiger partial charge in [-0.15, -0.1) is 0 Å². The maximum Gasteiger partial charge on any atom is 0.200 e. The number of hydrogen-bond acceptors (Lipinski definition) is 9. The van der Waals surface area contributed by atoms with Crippen LogP contribution >= 0.6 is 0 Å². The summed E-state index contributed by atoms with van der Waals surface area (Å²) < 4.78 is 0. The van der Waals surface area contributed by atoms with Crippen molar-refractivity contribution in [2.45, 2.75) is 18.4 Å². The first-order valence-corrected chi connectivity index (χ1v) is 8.72. The average molecular weight is 416 g/mol. The second-order valence-corrected chi connectivity index (χ2v) is 7.07. The molecule has 158 valence electrons. The van der Waals surface area contributed by atoms with Crippen molar-refractivity contribution in [2.24, 2.45) is 0 Å². The number of aliphatic hydroxyl groups is 1. The van der Waals surface area contributed by atoms with Gasteiger partial charge in [-0.2, -0.15) is 0 Å². The minimum Gasteiger partial charge on any atom is -0.508 e. The Bertz CT molecular complexity index is 1040. The SMILES string of the molecule is Oc1cc(O)cc(C(O)(Cc2cc(O)c(O)c(O)c2)Cc2c(O)cc(O)cc2O)c1. The molecule has 0 aliphatic heterocycles. The molecular formula is C21H20O9. The monoisotopic (exact) mass is 416 g/mol. The first-order valence-electron chi connectivity index (χ1n) is 8.72. The van der Waals surface area contributed by atoms with Crippen molar-refractivity contribution < 1.29 is 46.0 Å². The number of phenolic OH excluding ortho intramolecular Hbond substituents is 8. The van der Waals surface area contributed by atoms with E-state index in [0.29, 0.717) is 0 Å². The molecular weight excluding hydrogens is 396 g/mol. The van der Waals surface area contributed by atoms with Gasteiger partial charge < -0.3 is 46.0 Å². The maximum atomic E-state index is 11.5. The summed E-state index contributed by atoms with van der Waals surface area (Å²) in [5.74, 6) is -4.16. The van der Waals surface area contributed by atoms with E-state index in [1.54, 1.807) is 0 Å². The second kappa shape index (κ2) is 7.45. The Balaban J connectivity index is 2.14. The largest absolute Gasteiger partial charge is 0.508 e. The van der Waals surface area contributed by atoms with E-state index >= 15 is 0 Å². The van der Waals surface area contributed by atoms with Crippen molar-refractivity contribution in [2.75, 3.05) is 0 Å². The highest BCUT2D eigenvalue weighted by Gasteiger charge is 2.34. The smallest absolute Gasteiger partial charge is 0.200 e. The van der Waals surface area contributed by atoms with Crippen molar-refractivity contribution in [1.82, 2.24) is 0 Å². The quantitative estimate of drug-likeness (QED) is 0.281. The maximum absolute atomic E-state index is 11.5. The Labute approximate surface area is 170 Å². The van der Waals surface area contributed by atoms with Gasteiger partial charge in [0.25, 0.3) is 0 Å². The molecule has 0 spiro atoms. The van der Waals surface area contributed by atoms with Gasteiger partial charge in [-0.05, 0) is 35.4 Å². The molecule has 1 atom stereocenters. The lowest BCUT2D eigenvalue weighted by molar-refractivity contribution is 0.0353. The molecule has 0 bridgehead atoms. The first-order chi connectivity index (χ1) is 14.0. The molecule has 3 aromatic rings. The van der Waals surface area contributed by atoms with Gasteiger partial charge in [0.2, 0.25) is 0 Å². The molecule has 0 amide bonds. The van der Waals surface area contributed by atoms with Gasteiger partial charge in [0.05, 0.1) is 5.60 Å². The van der Waals surface area contributed by atoms with Crippen molar-refractivity contribution in [3.05, 3.63) is 59.2 Å². The summed E-state index contributed by atoms with van der Waals surface area (Å²) in [6, 6.07) is 7.49. The van der Waals surface area contributed by atoms with Gasteiger partial charge in [0.15, 0.2) is 17.2 Å². The summed E-state index contributed by atoms with van der Waals surface area (Å²) in [6.07, 6.45) is -0.784. The van der Waals surface area contributed by atoms with E-state index < -0.39 is 46.5 Å². The average Bonchev–Trinajstić information content (AvgIpc) is 2.62. The van der Waals surface area contributed by atoms with Crippen LogP contribution in [-0.2, 0) is 18.4 Å². The van der Waals surface area contributed by atoms with Crippen LogP contribution in [-0.4, -0.2) is 46.0 Å². The topological polar surface area (TPSA) is 182 Å². The second-order valence-electron chi connectivity index (χ2n) is 7.07. The van der Waals surface area contributed by atoms with E-state index in [0.717, 1.165) is 42.5 Å². The summed E-state index contributed by atoms with van der Waals surface area (Å²) >= 11 is 0. The Hall–Kier alpha value is -3.98. The molecule has 0 saturated carbocycles. The van der Waals surface area contributed by atoms with Gasteiger partial charge in [0, 0.05) is 36.6 Å². The molecule has 0 saturated heterocycles. The number of rotatable bonds is 5. The van der Waals surface area contributed by atoms with Crippen molar-refractivity contribution in [3.8, 4) is 46.0 Å². The first kappa shape index (κ1) is 20.7. The summed E-state index contributed by atoms with van der Waals surface area (Å²) in [7, 11) is 0. The minimum absolute atomic E-state index is 0.000991. The fraction of sp³-hybridized carbons (Fsp3) is 0.143. The summed E-state index contributed by atoms with van der Waals surface area (Å²) in [6.45, 7) is 0. The molecule has 1 unspecified atom stereocenters. The molecule has 0 radical (unpaired) electrons. The lowest BCUT2D eigenvalue weighted by Crippen LogP contribution is -2.31. The highest BCUT2D eigenvalue weighted by atomic mass is 16.3. The fourth-order valence-corrected chi connectivity index (χ4v) is 3.33. The normalized spacial score (nSPS) is 13.1. The number of aromatic hydroxyl groups is 8. The molecule has 9 N–H and O–H groups in total. The zero-order chi connectivity index (χ0) is 22.2. The summed E-state index contributed by atoms with van der Waals surface area (Å²) in [4.78, 5) is 0. The van der Waals surface area contributed by atoms with Gasteiger partial charge >= 0.3 is 0 Å². The van der Waals surface area contributed by atoms with Crippen LogP contribution in [0.15, 0.2) is 42.5 Å². The molecule has 0 aliphatic carbocycles. The highest BCUT2D eigenvalue weighted by molar-refractivity contribution is 5.53. The standard InChI is InChI=1S/C21H20O9/c22-12-3-11(4-13(23)5-12)21(30,8-10-1-18(27)20(29)19(28)2-10)9-15-16(25)6-14(24)7-17(15)26/h1-7,22-30H,8-9H2. The molecule has 3 aromatic carbocycles. The Morgan fingerprint density at radius 1 is 0.533 bits per heavy atom. The Morgan fingerprint density at radius 3 is 1.50 bits per heavy atom. The molecule has 0 aromatic heterocycles. The molecule has 0 fully saturated rings. The van der Waals surface area contributed by atoms with E-state index in [1.165, 1.54) is 0 Å². The summed E-state index contributed by atoms with van der Waals surface area (Å²) in [5, 5.41) is 90.0. The van der Waals surface area contributed by atoms with Crippen LogP contribution in [0.1, 0.15) is 16.7 Å². The van der Waals surface area contributed by atoms with E-state index in [4.69, 9.17) is 0 Å². The van der Waals surface area contributed by atoms with E-state index in [2.05, 4.69) is 0 Å². The number of hydrogen-bond donors (Lipinski definition) is 9. The van der Waals surface area contributed by atoms with E-state index in [9.17, 15) is 46.0 Å². The lowest BCUT2D eigenvalue weighted by Gasteiger charge is -2.30. The minimum atomic E-state index is -1.99. The molecule has 9 heteroatoms. The van der Waals surface area contributed by atoms with Gasteiger partial charge in [-0.3, -0.25) is 0 Å². The van der Waals surface area contributed by atoms with Crippen LogP contribution in [0.25, 0.3) is 0 Å². The van der Waals surface area contributed by atoms with Crippen molar-refractivity contribution >= 4 is 0 Å². The molecule has 30 heavy (non-hydrogen) atoms. The zero-order valence-corrected chi connectivity index (χ0v) is 15.5. The third kappa shape index (κ3) is 4.06. The fourth-order valence-electron chi connectivity index (χ4n) is 3.33. The lowest BCUT2D eigenvalue weighted by atomic mass is 9.81.